The number of amides is 1. The normalized spacial score (nSPS) is 11.1. The maximum Gasteiger partial charge on any atom is 0.280 e. The Morgan fingerprint density at radius 3 is 2.57 bits per heavy atom. The Morgan fingerprint density at radius 1 is 1.25 bits per heavy atom. The quantitative estimate of drug-likeness (QED) is 0.493. The molecular formula is C19H25BrClN5OS. The molecule has 0 saturated heterocycles. The first kappa shape index (κ1) is 22.8. The Morgan fingerprint density at radius 2 is 1.96 bits per heavy atom. The Labute approximate surface area is 184 Å². The van der Waals surface area contributed by atoms with Crippen LogP contribution in [0, 0.1) is 6.92 Å². The van der Waals surface area contributed by atoms with E-state index in [1.807, 2.05) is 38.4 Å². The first-order chi connectivity index (χ1) is 12.9. The van der Waals surface area contributed by atoms with E-state index in [0.29, 0.717) is 17.4 Å². The van der Waals surface area contributed by atoms with E-state index in [1.165, 1.54) is 11.3 Å². The summed E-state index contributed by atoms with van der Waals surface area (Å²) in [6.45, 7) is 9.46. The van der Waals surface area contributed by atoms with Gasteiger partial charge in [-0.25, -0.2) is 4.98 Å². The summed E-state index contributed by atoms with van der Waals surface area (Å²) in [7, 11) is 1.83. The topological polar surface area (TPSA) is 54.3 Å². The lowest BCUT2D eigenvalue weighted by molar-refractivity contribution is 0.0977. The number of likely N-dealkylation sites (N-methyl/N-ethyl adjacent to an activating group) is 1. The minimum atomic E-state index is -0.0987. The number of aryl methyl sites for hydroxylation is 2. The summed E-state index contributed by atoms with van der Waals surface area (Å²) in [6, 6.07) is 5.98. The van der Waals surface area contributed by atoms with Crippen molar-refractivity contribution in [1.82, 2.24) is 19.7 Å². The first-order valence-corrected chi connectivity index (χ1v) is 10.6. The number of carbonyl (C=O) groups is 1. The molecule has 2 aromatic heterocycles. The van der Waals surface area contributed by atoms with Crippen LogP contribution in [0.5, 0.6) is 0 Å². The van der Waals surface area contributed by atoms with Gasteiger partial charge in [0.15, 0.2) is 10.8 Å². The third-order valence-electron chi connectivity index (χ3n) is 4.56. The number of thiazole rings is 1. The van der Waals surface area contributed by atoms with Gasteiger partial charge in [0.1, 0.15) is 0 Å². The Hall–Kier alpha value is -1.48. The SMILES string of the molecule is CCN(CC)CCN(C(=O)c1nn(C)cc1C)c1nc2ccc(Br)cc2s1.Cl. The second-order valence-electron chi connectivity index (χ2n) is 6.43. The van der Waals surface area contributed by atoms with Crippen LogP contribution < -0.4 is 4.90 Å². The zero-order chi connectivity index (χ0) is 19.6. The van der Waals surface area contributed by atoms with E-state index in [1.54, 1.807) is 9.58 Å². The molecule has 2 heterocycles. The molecule has 6 nitrogen and oxygen atoms in total. The highest BCUT2D eigenvalue weighted by atomic mass is 79.9. The predicted octanol–water partition coefficient (Wildman–Crippen LogP) is 4.51. The van der Waals surface area contributed by atoms with E-state index in [0.717, 1.165) is 39.9 Å². The fourth-order valence-corrected chi connectivity index (χ4v) is 4.56. The molecule has 0 atom stereocenters. The fraction of sp³-hybridized carbons (Fsp3) is 0.421. The van der Waals surface area contributed by atoms with Crippen molar-refractivity contribution in [3.8, 4) is 0 Å². The average Bonchev–Trinajstić information content (AvgIpc) is 3.20. The largest absolute Gasteiger partial charge is 0.302 e. The summed E-state index contributed by atoms with van der Waals surface area (Å²) in [5.41, 5.74) is 2.26. The Bertz CT molecular complexity index is 953. The molecule has 0 unspecified atom stereocenters. The van der Waals surface area contributed by atoms with Crippen LogP contribution in [0.2, 0.25) is 0 Å². The molecule has 0 aliphatic carbocycles. The maximum atomic E-state index is 13.3. The first-order valence-electron chi connectivity index (χ1n) is 9.03. The Kier molecular flexibility index (Phi) is 8.00. The van der Waals surface area contributed by atoms with Crippen LogP contribution in [-0.4, -0.2) is 51.8 Å². The second-order valence-corrected chi connectivity index (χ2v) is 8.35. The van der Waals surface area contributed by atoms with Crippen molar-refractivity contribution >= 4 is 60.9 Å². The highest BCUT2D eigenvalue weighted by Gasteiger charge is 2.25. The Balaban J connectivity index is 0.00000280. The van der Waals surface area contributed by atoms with E-state index in [9.17, 15) is 4.79 Å². The number of rotatable bonds is 7. The second kappa shape index (κ2) is 9.82. The number of fused-ring (bicyclic) bond motifs is 1. The molecule has 28 heavy (non-hydrogen) atoms. The summed E-state index contributed by atoms with van der Waals surface area (Å²) >= 11 is 5.04. The number of carbonyl (C=O) groups excluding carboxylic acids is 1. The van der Waals surface area contributed by atoms with Crippen molar-refractivity contribution in [2.24, 2.45) is 7.05 Å². The molecule has 9 heteroatoms. The summed E-state index contributed by atoms with van der Waals surface area (Å²) in [6.07, 6.45) is 1.87. The van der Waals surface area contributed by atoms with Crippen molar-refractivity contribution in [1.29, 1.82) is 0 Å². The van der Waals surface area contributed by atoms with Crippen LogP contribution in [0.25, 0.3) is 10.2 Å². The van der Waals surface area contributed by atoms with Gasteiger partial charge in [-0.1, -0.05) is 41.1 Å². The van der Waals surface area contributed by atoms with Gasteiger partial charge in [-0.15, -0.1) is 12.4 Å². The molecule has 152 valence electrons. The van der Waals surface area contributed by atoms with Gasteiger partial charge in [0.2, 0.25) is 0 Å². The van der Waals surface area contributed by atoms with Crippen molar-refractivity contribution in [3.63, 3.8) is 0 Å². The molecule has 0 aliphatic rings. The van der Waals surface area contributed by atoms with E-state index in [2.05, 4.69) is 39.8 Å². The van der Waals surface area contributed by atoms with Crippen molar-refractivity contribution in [2.75, 3.05) is 31.1 Å². The van der Waals surface area contributed by atoms with Gasteiger partial charge in [0.05, 0.1) is 10.2 Å². The zero-order valence-electron chi connectivity index (χ0n) is 16.5. The summed E-state index contributed by atoms with van der Waals surface area (Å²) in [5, 5.41) is 5.09. The minimum Gasteiger partial charge on any atom is -0.302 e. The molecule has 0 radical (unpaired) electrons. The van der Waals surface area contributed by atoms with E-state index in [-0.39, 0.29) is 18.3 Å². The monoisotopic (exact) mass is 485 g/mol. The smallest absolute Gasteiger partial charge is 0.280 e. The van der Waals surface area contributed by atoms with Gasteiger partial charge in [-0.2, -0.15) is 5.10 Å². The van der Waals surface area contributed by atoms with Crippen LogP contribution in [0.1, 0.15) is 29.9 Å². The maximum absolute atomic E-state index is 13.3. The number of hydrogen-bond donors (Lipinski definition) is 0. The highest BCUT2D eigenvalue weighted by Crippen LogP contribution is 2.31. The van der Waals surface area contributed by atoms with Crippen LogP contribution >= 0.6 is 39.7 Å². The standard InChI is InChI=1S/C19H24BrN5OS.ClH/c1-5-24(6-2)9-10-25(18(26)17-13(3)12-23(4)22-17)19-21-15-8-7-14(20)11-16(15)27-19;/h7-8,11-12H,5-6,9-10H2,1-4H3;1H. The van der Waals surface area contributed by atoms with Crippen LogP contribution in [0.3, 0.4) is 0 Å². The van der Waals surface area contributed by atoms with Crippen LogP contribution in [0.15, 0.2) is 28.9 Å². The summed E-state index contributed by atoms with van der Waals surface area (Å²) < 4.78 is 3.74. The molecule has 1 amide bonds. The molecule has 0 N–H and O–H groups in total. The molecule has 0 saturated carbocycles. The number of hydrogen-bond acceptors (Lipinski definition) is 5. The summed E-state index contributed by atoms with van der Waals surface area (Å²) in [4.78, 5) is 22.1. The number of nitrogens with zero attached hydrogens (tertiary/aromatic N) is 5. The molecule has 0 fully saturated rings. The summed E-state index contributed by atoms with van der Waals surface area (Å²) in [5.74, 6) is -0.0987. The van der Waals surface area contributed by atoms with Gasteiger partial charge < -0.3 is 4.90 Å². The lowest BCUT2D eigenvalue weighted by Gasteiger charge is -2.24. The zero-order valence-corrected chi connectivity index (χ0v) is 19.7. The molecule has 1 aromatic carbocycles. The molecule has 0 spiro atoms. The predicted molar refractivity (Wildman–Crippen MR) is 122 cm³/mol. The molecule has 3 aromatic rings. The highest BCUT2D eigenvalue weighted by molar-refractivity contribution is 9.10. The average molecular weight is 487 g/mol. The lowest BCUT2D eigenvalue weighted by Crippen LogP contribution is -2.39. The number of halogens is 2. The lowest BCUT2D eigenvalue weighted by atomic mass is 10.2. The molecule has 0 bridgehead atoms. The fourth-order valence-electron chi connectivity index (χ4n) is 3.01. The van der Waals surface area contributed by atoms with E-state index < -0.39 is 0 Å². The third-order valence-corrected chi connectivity index (χ3v) is 6.10. The van der Waals surface area contributed by atoms with E-state index >= 15 is 0 Å². The third kappa shape index (κ3) is 4.92. The molecule has 3 rings (SSSR count). The number of benzene rings is 1. The van der Waals surface area contributed by atoms with Gasteiger partial charge in [-0.3, -0.25) is 14.4 Å². The van der Waals surface area contributed by atoms with Gasteiger partial charge in [0, 0.05) is 36.4 Å². The van der Waals surface area contributed by atoms with E-state index in [4.69, 9.17) is 4.98 Å². The van der Waals surface area contributed by atoms with Crippen molar-refractivity contribution in [3.05, 3.63) is 40.1 Å². The molecular weight excluding hydrogens is 462 g/mol. The molecule has 0 aliphatic heterocycles. The number of anilines is 1. The van der Waals surface area contributed by atoms with Crippen LogP contribution in [-0.2, 0) is 7.05 Å². The number of aromatic nitrogens is 3. The van der Waals surface area contributed by atoms with Gasteiger partial charge >= 0.3 is 0 Å². The van der Waals surface area contributed by atoms with Crippen molar-refractivity contribution < 1.29 is 4.79 Å². The van der Waals surface area contributed by atoms with Gasteiger partial charge in [0.25, 0.3) is 5.91 Å². The van der Waals surface area contributed by atoms with Crippen molar-refractivity contribution in [2.45, 2.75) is 20.8 Å². The van der Waals surface area contributed by atoms with Gasteiger partial charge in [-0.05, 0) is 38.2 Å². The van der Waals surface area contributed by atoms with Crippen LogP contribution in [0.4, 0.5) is 5.13 Å². The minimum absolute atomic E-state index is 0.